The molecule has 0 aromatic heterocycles. The molecule has 0 atom stereocenters. The lowest BCUT2D eigenvalue weighted by molar-refractivity contribution is -0.0220. The van der Waals surface area contributed by atoms with Gasteiger partial charge in [0, 0.05) is 47.3 Å². The SMILES string of the molecule is O=C(Nc1cccc(N2CCC(F)(F)CC2)c1)c1ccc(Br)cc1-c1ccc(C2CC2)cc1. The third-order valence-corrected chi connectivity index (χ3v) is 6.95. The second kappa shape index (κ2) is 8.90. The van der Waals surface area contributed by atoms with E-state index in [-0.39, 0.29) is 18.7 Å². The monoisotopic (exact) mass is 510 g/mol. The van der Waals surface area contributed by atoms with Crippen LogP contribution in [0.1, 0.15) is 47.5 Å². The van der Waals surface area contributed by atoms with Crippen LogP contribution in [0.2, 0.25) is 0 Å². The first-order chi connectivity index (χ1) is 15.9. The molecule has 5 rings (SSSR count). The molecule has 1 saturated carbocycles. The van der Waals surface area contributed by atoms with Crippen LogP contribution < -0.4 is 10.2 Å². The highest BCUT2D eigenvalue weighted by molar-refractivity contribution is 9.10. The van der Waals surface area contributed by atoms with Crippen molar-refractivity contribution in [3.8, 4) is 11.1 Å². The molecule has 33 heavy (non-hydrogen) atoms. The number of benzene rings is 3. The van der Waals surface area contributed by atoms with E-state index < -0.39 is 5.92 Å². The molecule has 3 aromatic rings. The molecular weight excluding hydrogens is 486 g/mol. The van der Waals surface area contributed by atoms with Crippen LogP contribution in [0.3, 0.4) is 0 Å². The van der Waals surface area contributed by atoms with Gasteiger partial charge in [0.2, 0.25) is 0 Å². The zero-order valence-corrected chi connectivity index (χ0v) is 19.7. The lowest BCUT2D eigenvalue weighted by Gasteiger charge is -2.33. The van der Waals surface area contributed by atoms with Crippen molar-refractivity contribution in [2.45, 2.75) is 37.5 Å². The number of carbonyl (C=O) groups is 1. The molecule has 3 aromatic carbocycles. The van der Waals surface area contributed by atoms with E-state index in [4.69, 9.17) is 0 Å². The fourth-order valence-electron chi connectivity index (χ4n) is 4.38. The molecular formula is C27H25BrF2N2O. The summed E-state index contributed by atoms with van der Waals surface area (Å²) in [5, 5.41) is 2.99. The van der Waals surface area contributed by atoms with Gasteiger partial charge in [-0.2, -0.15) is 0 Å². The van der Waals surface area contributed by atoms with Crippen molar-refractivity contribution >= 4 is 33.2 Å². The van der Waals surface area contributed by atoms with Crippen molar-refractivity contribution in [2.75, 3.05) is 23.3 Å². The summed E-state index contributed by atoms with van der Waals surface area (Å²) in [4.78, 5) is 15.2. The Labute approximate surface area is 200 Å². The lowest BCUT2D eigenvalue weighted by Crippen LogP contribution is -2.39. The lowest BCUT2D eigenvalue weighted by atomic mass is 9.97. The van der Waals surface area contributed by atoms with Gasteiger partial charge in [0.25, 0.3) is 11.8 Å². The van der Waals surface area contributed by atoms with E-state index in [9.17, 15) is 13.6 Å². The molecule has 1 saturated heterocycles. The first kappa shape index (κ1) is 22.1. The molecule has 170 valence electrons. The number of anilines is 2. The Morgan fingerprint density at radius 2 is 1.70 bits per heavy atom. The van der Waals surface area contributed by atoms with Gasteiger partial charge < -0.3 is 10.2 Å². The van der Waals surface area contributed by atoms with E-state index >= 15 is 0 Å². The number of hydrogen-bond acceptors (Lipinski definition) is 2. The third-order valence-electron chi connectivity index (χ3n) is 6.46. The van der Waals surface area contributed by atoms with Gasteiger partial charge in [0.15, 0.2) is 0 Å². The minimum absolute atomic E-state index is 0.147. The van der Waals surface area contributed by atoms with Gasteiger partial charge >= 0.3 is 0 Å². The fraction of sp³-hybridized carbons (Fsp3) is 0.296. The van der Waals surface area contributed by atoms with Crippen molar-refractivity contribution in [2.24, 2.45) is 0 Å². The quantitative estimate of drug-likeness (QED) is 0.385. The Balaban J connectivity index is 1.36. The average molecular weight is 511 g/mol. The average Bonchev–Trinajstić information content (AvgIpc) is 3.65. The van der Waals surface area contributed by atoms with Crippen molar-refractivity contribution in [1.82, 2.24) is 0 Å². The van der Waals surface area contributed by atoms with Crippen LogP contribution in [0, 0.1) is 0 Å². The van der Waals surface area contributed by atoms with E-state index in [1.807, 2.05) is 47.4 Å². The minimum atomic E-state index is -2.59. The molecule has 6 heteroatoms. The Kier molecular flexibility index (Phi) is 5.95. The number of piperidine rings is 1. The van der Waals surface area contributed by atoms with Gasteiger partial charge in [0.1, 0.15) is 0 Å². The van der Waals surface area contributed by atoms with Gasteiger partial charge in [-0.25, -0.2) is 8.78 Å². The fourth-order valence-corrected chi connectivity index (χ4v) is 4.74. The summed E-state index contributed by atoms with van der Waals surface area (Å²) >= 11 is 3.53. The normalized spacial score (nSPS) is 17.6. The summed E-state index contributed by atoms with van der Waals surface area (Å²) in [6.45, 7) is 0.607. The van der Waals surface area contributed by atoms with E-state index in [0.717, 1.165) is 21.3 Å². The molecule has 1 N–H and O–H groups in total. The zero-order valence-electron chi connectivity index (χ0n) is 18.2. The number of nitrogens with zero attached hydrogens (tertiary/aromatic N) is 1. The van der Waals surface area contributed by atoms with Crippen LogP contribution in [-0.2, 0) is 0 Å². The van der Waals surface area contributed by atoms with E-state index in [1.165, 1.54) is 18.4 Å². The largest absolute Gasteiger partial charge is 0.371 e. The summed E-state index contributed by atoms with van der Waals surface area (Å²) in [6, 6.07) is 21.5. The molecule has 1 heterocycles. The van der Waals surface area contributed by atoms with Crippen LogP contribution in [0.15, 0.2) is 71.2 Å². The van der Waals surface area contributed by atoms with E-state index in [1.54, 1.807) is 0 Å². The summed E-state index contributed by atoms with van der Waals surface area (Å²) in [6.07, 6.45) is 2.21. The zero-order chi connectivity index (χ0) is 23.0. The van der Waals surface area contributed by atoms with Crippen LogP contribution >= 0.6 is 15.9 Å². The molecule has 0 radical (unpaired) electrons. The highest BCUT2D eigenvalue weighted by Gasteiger charge is 2.34. The second-order valence-electron chi connectivity index (χ2n) is 8.93. The second-order valence-corrected chi connectivity index (χ2v) is 9.85. The molecule has 2 fully saturated rings. The minimum Gasteiger partial charge on any atom is -0.371 e. The predicted octanol–water partition coefficient (Wildman–Crippen LogP) is 7.48. The van der Waals surface area contributed by atoms with Crippen LogP contribution in [0.4, 0.5) is 20.2 Å². The Bertz CT molecular complexity index is 1160. The molecule has 0 spiro atoms. The standard InChI is InChI=1S/C27H25BrF2N2O/c28-21-10-11-24(25(16-21)20-8-6-19(7-9-20)18-4-5-18)26(33)31-22-2-1-3-23(17-22)32-14-12-27(29,30)13-15-32/h1-3,6-11,16-18H,4-5,12-15H2,(H,31,33). The van der Waals surface area contributed by atoms with Crippen molar-refractivity contribution in [1.29, 1.82) is 0 Å². The van der Waals surface area contributed by atoms with Gasteiger partial charge in [0.05, 0.1) is 0 Å². The molecule has 3 nitrogen and oxygen atoms in total. The maximum atomic E-state index is 13.5. The highest BCUT2D eigenvalue weighted by Crippen LogP contribution is 2.41. The smallest absolute Gasteiger partial charge is 0.256 e. The van der Waals surface area contributed by atoms with Crippen molar-refractivity contribution in [3.05, 3.63) is 82.3 Å². The van der Waals surface area contributed by atoms with Gasteiger partial charge in [-0.3, -0.25) is 4.79 Å². The molecule has 0 bridgehead atoms. The Morgan fingerprint density at radius 3 is 2.39 bits per heavy atom. The number of halogens is 3. The van der Waals surface area contributed by atoms with Crippen LogP contribution in [-0.4, -0.2) is 24.9 Å². The summed E-state index contributed by atoms with van der Waals surface area (Å²) in [7, 11) is 0. The molecule has 1 amide bonds. The number of rotatable bonds is 5. The number of carbonyl (C=O) groups excluding carboxylic acids is 1. The highest BCUT2D eigenvalue weighted by atomic mass is 79.9. The van der Waals surface area contributed by atoms with Gasteiger partial charge in [-0.1, -0.05) is 46.3 Å². The molecule has 1 aliphatic carbocycles. The van der Waals surface area contributed by atoms with Gasteiger partial charge in [-0.15, -0.1) is 0 Å². The Hall–Kier alpha value is -2.73. The number of alkyl halides is 2. The third kappa shape index (κ3) is 5.11. The number of hydrogen-bond donors (Lipinski definition) is 1. The topological polar surface area (TPSA) is 32.3 Å². The summed E-state index contributed by atoms with van der Waals surface area (Å²) < 4.78 is 27.9. The Morgan fingerprint density at radius 1 is 0.970 bits per heavy atom. The van der Waals surface area contributed by atoms with Crippen molar-refractivity contribution in [3.63, 3.8) is 0 Å². The van der Waals surface area contributed by atoms with Crippen LogP contribution in [0.5, 0.6) is 0 Å². The van der Waals surface area contributed by atoms with Gasteiger partial charge in [-0.05, 0) is 71.8 Å². The number of nitrogens with one attached hydrogen (secondary N) is 1. The maximum absolute atomic E-state index is 13.5. The summed E-state index contributed by atoms with van der Waals surface area (Å²) in [5.41, 5.74) is 5.28. The van der Waals surface area contributed by atoms with Crippen molar-refractivity contribution < 1.29 is 13.6 Å². The first-order valence-corrected chi connectivity index (χ1v) is 12.1. The molecule has 0 unspecified atom stereocenters. The van der Waals surface area contributed by atoms with Crippen LogP contribution in [0.25, 0.3) is 11.1 Å². The number of amides is 1. The molecule has 1 aliphatic heterocycles. The van der Waals surface area contributed by atoms with E-state index in [2.05, 4.69) is 45.5 Å². The maximum Gasteiger partial charge on any atom is 0.256 e. The predicted molar refractivity (Wildman–Crippen MR) is 132 cm³/mol. The summed E-state index contributed by atoms with van der Waals surface area (Å²) in [5.74, 6) is -2.11. The van der Waals surface area contributed by atoms with E-state index in [0.29, 0.717) is 30.3 Å². The molecule has 2 aliphatic rings. The first-order valence-electron chi connectivity index (χ1n) is 11.3.